The van der Waals surface area contributed by atoms with Crippen LogP contribution in [-0.4, -0.2) is 46.5 Å². The molecule has 1 aromatic carbocycles. The minimum Gasteiger partial charge on any atom is -0.330 e. The summed E-state index contributed by atoms with van der Waals surface area (Å²) in [5.74, 6) is -0.962. The van der Waals surface area contributed by atoms with Crippen molar-refractivity contribution in [1.82, 2.24) is 4.31 Å². The van der Waals surface area contributed by atoms with Gasteiger partial charge in [0.25, 0.3) is 0 Å². The molecule has 7 nitrogen and oxygen atoms in total. The Morgan fingerprint density at radius 3 is 2.58 bits per heavy atom. The number of nitrogens with two attached hydrogens (primary N) is 1. The van der Waals surface area contributed by atoms with Crippen LogP contribution in [0.25, 0.3) is 0 Å². The third-order valence-corrected chi connectivity index (χ3v) is 7.24. The van der Waals surface area contributed by atoms with E-state index in [1.807, 2.05) is 0 Å². The molecule has 0 bridgehead atoms. The first kappa shape index (κ1) is 19.1. The van der Waals surface area contributed by atoms with Crippen LogP contribution in [0.5, 0.6) is 0 Å². The summed E-state index contributed by atoms with van der Waals surface area (Å²) in [5, 5.41) is 0. The summed E-state index contributed by atoms with van der Waals surface area (Å²) < 4.78 is 66.0. The Morgan fingerprint density at radius 1 is 1.33 bits per heavy atom. The highest BCUT2D eigenvalue weighted by Gasteiger charge is 2.32. The molecule has 0 aromatic heterocycles. The minimum absolute atomic E-state index is 0.102. The zero-order valence-electron chi connectivity index (χ0n) is 13.4. The molecule has 0 aliphatic carbocycles. The van der Waals surface area contributed by atoms with Gasteiger partial charge in [0.1, 0.15) is 5.82 Å². The van der Waals surface area contributed by atoms with Crippen LogP contribution in [0.4, 0.5) is 10.1 Å². The number of nitrogens with zero attached hydrogens (tertiary/aromatic N) is 1. The molecule has 10 heteroatoms. The number of sulfonamides is 2. The smallest absolute Gasteiger partial charge is 0.243 e. The Morgan fingerprint density at radius 2 is 2.04 bits per heavy atom. The lowest BCUT2D eigenvalue weighted by molar-refractivity contribution is 0.458. The fraction of sp³-hybridized carbons (Fsp3) is 0.571. The normalized spacial score (nSPS) is 19.5. The van der Waals surface area contributed by atoms with Gasteiger partial charge in [0.2, 0.25) is 20.0 Å². The average molecular weight is 379 g/mol. The van der Waals surface area contributed by atoms with Crippen molar-refractivity contribution in [3.05, 3.63) is 24.0 Å². The molecule has 1 unspecified atom stereocenters. The highest BCUT2D eigenvalue weighted by Crippen LogP contribution is 2.26. The van der Waals surface area contributed by atoms with E-state index in [2.05, 4.69) is 4.72 Å². The Bertz CT molecular complexity index is 796. The molecule has 0 radical (unpaired) electrons. The highest BCUT2D eigenvalue weighted by molar-refractivity contribution is 7.92. The van der Waals surface area contributed by atoms with Crippen LogP contribution in [-0.2, 0) is 20.0 Å². The van der Waals surface area contributed by atoms with Crippen LogP contribution in [0.2, 0.25) is 0 Å². The minimum atomic E-state index is -3.81. The maximum atomic E-state index is 14.2. The van der Waals surface area contributed by atoms with Gasteiger partial charge in [0.05, 0.1) is 16.3 Å². The first-order valence-corrected chi connectivity index (χ1v) is 10.8. The van der Waals surface area contributed by atoms with E-state index in [1.165, 1.54) is 10.4 Å². The summed E-state index contributed by atoms with van der Waals surface area (Å²) in [4.78, 5) is -0.198. The van der Waals surface area contributed by atoms with E-state index < -0.39 is 25.9 Å². The number of halogens is 1. The predicted octanol–water partition coefficient (Wildman–Crippen LogP) is 0.947. The van der Waals surface area contributed by atoms with Gasteiger partial charge in [-0.15, -0.1) is 0 Å². The Hall–Kier alpha value is -1.23. The van der Waals surface area contributed by atoms with E-state index in [-0.39, 0.29) is 22.3 Å². The van der Waals surface area contributed by atoms with Crippen molar-refractivity contribution in [2.45, 2.75) is 24.7 Å². The number of hydrogen-bond donors (Lipinski definition) is 2. The quantitative estimate of drug-likeness (QED) is 0.733. The van der Waals surface area contributed by atoms with Crippen molar-refractivity contribution in [3.8, 4) is 0 Å². The number of benzene rings is 1. The zero-order valence-corrected chi connectivity index (χ0v) is 15.0. The van der Waals surface area contributed by atoms with Crippen molar-refractivity contribution < 1.29 is 21.2 Å². The van der Waals surface area contributed by atoms with Crippen molar-refractivity contribution in [1.29, 1.82) is 0 Å². The largest absolute Gasteiger partial charge is 0.330 e. The van der Waals surface area contributed by atoms with E-state index in [0.29, 0.717) is 32.5 Å². The van der Waals surface area contributed by atoms with E-state index >= 15 is 0 Å². The molecule has 1 atom stereocenters. The maximum Gasteiger partial charge on any atom is 0.243 e. The second-order valence-corrected chi connectivity index (χ2v) is 9.60. The van der Waals surface area contributed by atoms with E-state index in [9.17, 15) is 21.2 Å². The lowest BCUT2D eigenvalue weighted by Gasteiger charge is -2.17. The molecular formula is C14H22FN3O4S2. The second-order valence-electron chi connectivity index (χ2n) is 5.82. The first-order valence-electron chi connectivity index (χ1n) is 7.70. The highest BCUT2D eigenvalue weighted by atomic mass is 32.2. The average Bonchev–Trinajstić information content (AvgIpc) is 2.98. The SMILES string of the molecule is CCCS(=O)(=O)Nc1ccc(S(=O)(=O)N2CCC(CN)C2)cc1F. The third-order valence-electron chi connectivity index (χ3n) is 3.90. The molecule has 1 saturated heterocycles. The fourth-order valence-electron chi connectivity index (χ4n) is 2.58. The van der Waals surface area contributed by atoms with Gasteiger partial charge >= 0.3 is 0 Å². The topological polar surface area (TPSA) is 110 Å². The number of anilines is 1. The second kappa shape index (κ2) is 7.34. The number of rotatable bonds is 7. The molecule has 0 amide bonds. The summed E-state index contributed by atoms with van der Waals surface area (Å²) in [6.07, 6.45) is 1.06. The summed E-state index contributed by atoms with van der Waals surface area (Å²) in [5.41, 5.74) is 5.30. The maximum absolute atomic E-state index is 14.2. The molecule has 1 heterocycles. The molecule has 1 aliphatic rings. The van der Waals surface area contributed by atoms with Crippen molar-refractivity contribution >= 4 is 25.7 Å². The van der Waals surface area contributed by atoms with Crippen LogP contribution in [0.15, 0.2) is 23.1 Å². The molecule has 136 valence electrons. The van der Waals surface area contributed by atoms with Crippen molar-refractivity contribution in [2.75, 3.05) is 30.1 Å². The lowest BCUT2D eigenvalue weighted by Crippen LogP contribution is -2.30. The molecule has 0 saturated carbocycles. The standard InChI is InChI=1S/C14H22FN3O4S2/c1-2-7-23(19,20)17-14-4-3-12(8-13(14)15)24(21,22)18-6-5-11(9-16)10-18/h3-4,8,11,17H,2,5-7,9-10,16H2,1H3. The number of nitrogens with one attached hydrogen (secondary N) is 1. The Kier molecular flexibility index (Phi) is 5.84. The first-order chi connectivity index (χ1) is 11.2. The van der Waals surface area contributed by atoms with Gasteiger partial charge in [0, 0.05) is 13.1 Å². The zero-order chi connectivity index (χ0) is 18.0. The lowest BCUT2D eigenvalue weighted by atomic mass is 10.1. The van der Waals surface area contributed by atoms with Crippen LogP contribution in [0.3, 0.4) is 0 Å². The van der Waals surface area contributed by atoms with Gasteiger partial charge in [-0.2, -0.15) is 4.31 Å². The molecule has 3 N–H and O–H groups in total. The summed E-state index contributed by atoms with van der Waals surface area (Å²) in [6.45, 7) is 2.75. The monoisotopic (exact) mass is 379 g/mol. The van der Waals surface area contributed by atoms with Gasteiger partial charge in [0.15, 0.2) is 0 Å². The van der Waals surface area contributed by atoms with E-state index in [0.717, 1.165) is 12.1 Å². The van der Waals surface area contributed by atoms with Crippen molar-refractivity contribution in [3.63, 3.8) is 0 Å². The Labute approximate surface area is 142 Å². The predicted molar refractivity (Wildman–Crippen MR) is 90.0 cm³/mol. The van der Waals surface area contributed by atoms with Crippen LogP contribution >= 0.6 is 0 Å². The van der Waals surface area contributed by atoms with Crippen molar-refractivity contribution in [2.24, 2.45) is 11.7 Å². The summed E-state index contributed by atoms with van der Waals surface area (Å²) in [6, 6.07) is 3.18. The summed E-state index contributed by atoms with van der Waals surface area (Å²) in [7, 11) is -7.46. The molecule has 2 rings (SSSR count). The molecular weight excluding hydrogens is 357 g/mol. The molecule has 1 fully saturated rings. The van der Waals surface area contributed by atoms with E-state index in [4.69, 9.17) is 5.73 Å². The molecule has 1 aliphatic heterocycles. The van der Waals surface area contributed by atoms with Gasteiger partial charge in [-0.05, 0) is 43.5 Å². The third kappa shape index (κ3) is 4.24. The summed E-state index contributed by atoms with van der Waals surface area (Å²) >= 11 is 0. The van der Waals surface area contributed by atoms with Gasteiger partial charge in [-0.1, -0.05) is 6.92 Å². The number of hydrogen-bond acceptors (Lipinski definition) is 5. The van der Waals surface area contributed by atoms with Crippen LogP contribution in [0.1, 0.15) is 19.8 Å². The van der Waals surface area contributed by atoms with Crippen LogP contribution < -0.4 is 10.5 Å². The van der Waals surface area contributed by atoms with Crippen LogP contribution in [0, 0.1) is 11.7 Å². The van der Waals surface area contributed by atoms with Gasteiger partial charge in [-0.3, -0.25) is 4.72 Å². The molecule has 24 heavy (non-hydrogen) atoms. The molecule has 1 aromatic rings. The Balaban J connectivity index is 2.23. The fourth-order valence-corrected chi connectivity index (χ4v) is 5.27. The molecule has 0 spiro atoms. The van der Waals surface area contributed by atoms with Gasteiger partial charge in [-0.25, -0.2) is 21.2 Å². The van der Waals surface area contributed by atoms with E-state index in [1.54, 1.807) is 6.92 Å². The van der Waals surface area contributed by atoms with Gasteiger partial charge < -0.3 is 5.73 Å².